The number of thioether (sulfide) groups is 1. The zero-order chi connectivity index (χ0) is 17.0. The Balaban J connectivity index is 2.05. The zero-order valence-corrected chi connectivity index (χ0v) is 12.3. The summed E-state index contributed by atoms with van der Waals surface area (Å²) in [6.07, 6.45) is -4.61. The van der Waals surface area contributed by atoms with Crippen LogP contribution in [0.3, 0.4) is 0 Å². The van der Waals surface area contributed by atoms with E-state index in [9.17, 15) is 26.7 Å². The molecule has 8 heteroatoms. The molecule has 0 aliphatic carbocycles. The average molecular weight is 347 g/mol. The van der Waals surface area contributed by atoms with Crippen LogP contribution in [-0.4, -0.2) is 11.7 Å². The first-order valence-corrected chi connectivity index (χ1v) is 7.30. The lowest BCUT2D eigenvalue weighted by Gasteiger charge is -2.13. The molecule has 0 saturated carbocycles. The summed E-state index contributed by atoms with van der Waals surface area (Å²) in [5, 5.41) is 2.13. The van der Waals surface area contributed by atoms with E-state index >= 15 is 0 Å². The van der Waals surface area contributed by atoms with Crippen LogP contribution in [0.5, 0.6) is 0 Å². The van der Waals surface area contributed by atoms with Crippen LogP contribution >= 0.6 is 11.8 Å². The Hall–Kier alpha value is -2.09. The van der Waals surface area contributed by atoms with Crippen molar-refractivity contribution in [2.24, 2.45) is 0 Å². The third-order valence-electron chi connectivity index (χ3n) is 2.76. The van der Waals surface area contributed by atoms with Crippen molar-refractivity contribution in [1.29, 1.82) is 0 Å². The van der Waals surface area contributed by atoms with Gasteiger partial charge in [0.15, 0.2) is 0 Å². The maximum atomic E-state index is 13.4. The van der Waals surface area contributed by atoms with E-state index in [4.69, 9.17) is 0 Å². The second kappa shape index (κ2) is 6.99. The van der Waals surface area contributed by atoms with Crippen LogP contribution in [0.1, 0.15) is 5.56 Å². The molecule has 0 saturated heterocycles. The highest BCUT2D eigenvalue weighted by Crippen LogP contribution is 2.34. The van der Waals surface area contributed by atoms with Gasteiger partial charge in [-0.1, -0.05) is 12.1 Å². The molecule has 0 fully saturated rings. The van der Waals surface area contributed by atoms with E-state index in [-0.39, 0.29) is 16.3 Å². The van der Waals surface area contributed by atoms with Crippen LogP contribution in [0.2, 0.25) is 0 Å². The average Bonchev–Trinajstić information content (AvgIpc) is 2.47. The lowest BCUT2D eigenvalue weighted by molar-refractivity contribution is -0.137. The van der Waals surface area contributed by atoms with Crippen LogP contribution in [0.4, 0.5) is 27.6 Å². The Morgan fingerprint density at radius 1 is 1.09 bits per heavy atom. The third kappa shape index (κ3) is 4.69. The maximum absolute atomic E-state index is 13.4. The molecule has 1 N–H and O–H groups in total. The summed E-state index contributed by atoms with van der Waals surface area (Å²) >= 11 is 0.694. The Morgan fingerprint density at radius 2 is 1.78 bits per heavy atom. The normalized spacial score (nSPS) is 11.3. The number of anilines is 1. The molecule has 0 aliphatic heterocycles. The first-order chi connectivity index (χ1) is 10.8. The van der Waals surface area contributed by atoms with Crippen molar-refractivity contribution in [2.75, 3.05) is 11.1 Å². The highest BCUT2D eigenvalue weighted by Gasteiger charge is 2.33. The van der Waals surface area contributed by atoms with Gasteiger partial charge in [-0.15, -0.1) is 11.8 Å². The summed E-state index contributed by atoms with van der Waals surface area (Å²) in [5.41, 5.74) is -1.36. The molecule has 0 bridgehead atoms. The van der Waals surface area contributed by atoms with Gasteiger partial charge in [0, 0.05) is 4.90 Å². The number of amides is 1. The number of nitrogens with one attached hydrogen (secondary N) is 1. The molecule has 0 radical (unpaired) electrons. The zero-order valence-electron chi connectivity index (χ0n) is 11.5. The number of alkyl halides is 3. The Kier molecular flexibility index (Phi) is 5.25. The van der Waals surface area contributed by atoms with E-state index < -0.39 is 29.3 Å². The minimum Gasteiger partial charge on any atom is -0.325 e. The molecule has 0 heterocycles. The molecule has 0 aliphatic rings. The Bertz CT molecular complexity index is 717. The summed E-state index contributed by atoms with van der Waals surface area (Å²) in [6, 6.07) is 7.27. The highest BCUT2D eigenvalue weighted by atomic mass is 32.2. The van der Waals surface area contributed by atoms with Gasteiger partial charge in [-0.25, -0.2) is 8.78 Å². The van der Waals surface area contributed by atoms with Crippen LogP contribution in [-0.2, 0) is 11.0 Å². The first-order valence-electron chi connectivity index (χ1n) is 6.31. The van der Waals surface area contributed by atoms with E-state index in [1.165, 1.54) is 12.1 Å². The van der Waals surface area contributed by atoms with Gasteiger partial charge in [0.2, 0.25) is 5.91 Å². The fourth-order valence-electron chi connectivity index (χ4n) is 1.76. The van der Waals surface area contributed by atoms with Crippen molar-refractivity contribution in [1.82, 2.24) is 0 Å². The predicted molar refractivity (Wildman–Crippen MR) is 77.2 cm³/mol. The van der Waals surface area contributed by atoms with Crippen molar-refractivity contribution in [3.8, 4) is 0 Å². The van der Waals surface area contributed by atoms with E-state index in [1.54, 1.807) is 0 Å². The molecular formula is C15H10F5NOS. The predicted octanol–water partition coefficient (Wildman–Crippen LogP) is 4.71. The first kappa shape index (κ1) is 17.3. The van der Waals surface area contributed by atoms with Crippen molar-refractivity contribution in [3.63, 3.8) is 0 Å². The molecule has 23 heavy (non-hydrogen) atoms. The molecule has 2 aromatic carbocycles. The molecular weight excluding hydrogens is 337 g/mol. The van der Waals surface area contributed by atoms with Crippen molar-refractivity contribution in [2.45, 2.75) is 11.1 Å². The number of carbonyl (C=O) groups is 1. The molecule has 2 rings (SSSR count). The number of carbonyl (C=O) groups excluding carboxylic acids is 1. The van der Waals surface area contributed by atoms with Crippen LogP contribution < -0.4 is 5.32 Å². The molecule has 2 aromatic rings. The smallest absolute Gasteiger partial charge is 0.325 e. The number of para-hydroxylation sites is 1. The van der Waals surface area contributed by atoms with Crippen molar-refractivity contribution < 1.29 is 26.7 Å². The van der Waals surface area contributed by atoms with E-state index in [0.29, 0.717) is 11.8 Å². The van der Waals surface area contributed by atoms with E-state index in [0.717, 1.165) is 30.3 Å². The second-order valence-electron chi connectivity index (χ2n) is 4.45. The Labute approximate surface area is 132 Å². The minimum absolute atomic E-state index is 0.0933. The number of benzene rings is 2. The fourth-order valence-corrected chi connectivity index (χ4v) is 2.52. The van der Waals surface area contributed by atoms with E-state index in [2.05, 4.69) is 5.32 Å². The number of rotatable bonds is 4. The van der Waals surface area contributed by atoms with Gasteiger partial charge >= 0.3 is 6.18 Å². The summed E-state index contributed by atoms with van der Waals surface area (Å²) in [5.74, 6) is -2.49. The van der Waals surface area contributed by atoms with Gasteiger partial charge < -0.3 is 5.32 Å². The maximum Gasteiger partial charge on any atom is 0.418 e. The molecule has 0 spiro atoms. The van der Waals surface area contributed by atoms with Crippen molar-refractivity contribution in [3.05, 3.63) is 59.7 Å². The van der Waals surface area contributed by atoms with Crippen molar-refractivity contribution >= 4 is 23.4 Å². The number of hydrogen-bond acceptors (Lipinski definition) is 2. The van der Waals surface area contributed by atoms with Gasteiger partial charge in [0.05, 0.1) is 17.0 Å². The summed E-state index contributed by atoms with van der Waals surface area (Å²) in [4.78, 5) is 11.7. The molecule has 2 nitrogen and oxygen atoms in total. The van der Waals surface area contributed by atoms with Crippen LogP contribution in [0.25, 0.3) is 0 Å². The lowest BCUT2D eigenvalue weighted by Crippen LogP contribution is -2.18. The third-order valence-corrected chi connectivity index (χ3v) is 3.79. The molecule has 0 aromatic heterocycles. The monoisotopic (exact) mass is 347 g/mol. The lowest BCUT2D eigenvalue weighted by atomic mass is 10.1. The number of halogens is 5. The molecule has 0 unspecified atom stereocenters. The SMILES string of the molecule is O=C(CSc1cc(F)ccc1F)Nc1ccccc1C(F)(F)F. The minimum atomic E-state index is -4.61. The topological polar surface area (TPSA) is 29.1 Å². The molecule has 0 atom stereocenters. The molecule has 1 amide bonds. The van der Waals surface area contributed by atoms with E-state index in [1.807, 2.05) is 0 Å². The second-order valence-corrected chi connectivity index (χ2v) is 5.47. The van der Waals surface area contributed by atoms with Gasteiger partial charge in [-0.3, -0.25) is 4.79 Å². The van der Waals surface area contributed by atoms with Crippen LogP contribution in [0, 0.1) is 11.6 Å². The molecule has 122 valence electrons. The number of hydrogen-bond donors (Lipinski definition) is 1. The largest absolute Gasteiger partial charge is 0.418 e. The summed E-state index contributed by atoms with van der Waals surface area (Å²) < 4.78 is 64.8. The summed E-state index contributed by atoms with van der Waals surface area (Å²) in [7, 11) is 0. The fraction of sp³-hybridized carbons (Fsp3) is 0.133. The van der Waals surface area contributed by atoms with Gasteiger partial charge in [0.25, 0.3) is 0 Å². The quantitative estimate of drug-likeness (QED) is 0.641. The Morgan fingerprint density at radius 3 is 2.48 bits per heavy atom. The standard InChI is InChI=1S/C15H10F5NOS/c16-9-5-6-11(17)13(7-9)23-8-14(22)21-12-4-2-1-3-10(12)15(18,19)20/h1-7H,8H2,(H,21,22). The van der Waals surface area contributed by atoms with Gasteiger partial charge in [0.1, 0.15) is 11.6 Å². The van der Waals surface area contributed by atoms with Gasteiger partial charge in [-0.05, 0) is 30.3 Å². The summed E-state index contributed by atoms with van der Waals surface area (Å²) in [6.45, 7) is 0. The van der Waals surface area contributed by atoms with Gasteiger partial charge in [-0.2, -0.15) is 13.2 Å². The highest BCUT2D eigenvalue weighted by molar-refractivity contribution is 8.00. The van der Waals surface area contributed by atoms with Crippen LogP contribution in [0.15, 0.2) is 47.4 Å².